The maximum absolute atomic E-state index is 14.2. The monoisotopic (exact) mass is 317 g/mol. The van der Waals surface area contributed by atoms with Gasteiger partial charge in [-0.05, 0) is 41.9 Å². The molecule has 0 saturated carbocycles. The summed E-state index contributed by atoms with van der Waals surface area (Å²) in [4.78, 5) is 0. The second-order valence-corrected chi connectivity index (χ2v) is 5.20. The molecule has 1 rings (SSSR count). The molecule has 0 aromatic heterocycles. The summed E-state index contributed by atoms with van der Waals surface area (Å²) in [5, 5.41) is 3.19. The van der Waals surface area contributed by atoms with Crippen LogP contribution in [0.25, 0.3) is 0 Å². The molecular weight excluding hydrogens is 297 g/mol. The zero-order chi connectivity index (χ0) is 13.8. The quantitative estimate of drug-likeness (QED) is 0.854. The molecule has 1 N–H and O–H groups in total. The molecule has 0 saturated heterocycles. The van der Waals surface area contributed by atoms with Gasteiger partial charge in [-0.3, -0.25) is 0 Å². The SMILES string of the molecule is CCC(CC)(OC)C(NC)c1cccc(Br)c1F. The number of hydrogen-bond donors (Lipinski definition) is 1. The zero-order valence-corrected chi connectivity index (χ0v) is 13.0. The lowest BCUT2D eigenvalue weighted by molar-refractivity contribution is -0.0476. The fourth-order valence-electron chi connectivity index (χ4n) is 2.51. The van der Waals surface area contributed by atoms with Crippen molar-refractivity contribution in [3.8, 4) is 0 Å². The Hall–Kier alpha value is -0.450. The van der Waals surface area contributed by atoms with Crippen LogP contribution in [0.1, 0.15) is 38.3 Å². The van der Waals surface area contributed by atoms with Gasteiger partial charge in [-0.2, -0.15) is 0 Å². The van der Waals surface area contributed by atoms with E-state index in [0.717, 1.165) is 12.8 Å². The molecule has 18 heavy (non-hydrogen) atoms. The van der Waals surface area contributed by atoms with Crippen molar-refractivity contribution in [3.63, 3.8) is 0 Å². The third-order valence-electron chi connectivity index (χ3n) is 3.71. The Morgan fingerprint density at radius 2 is 2.00 bits per heavy atom. The Balaban J connectivity index is 3.28. The molecule has 0 bridgehead atoms. The summed E-state index contributed by atoms with van der Waals surface area (Å²) in [6.07, 6.45) is 1.63. The molecule has 102 valence electrons. The molecule has 1 atom stereocenters. The molecule has 1 unspecified atom stereocenters. The van der Waals surface area contributed by atoms with Crippen LogP contribution < -0.4 is 5.32 Å². The summed E-state index contributed by atoms with van der Waals surface area (Å²) >= 11 is 3.23. The van der Waals surface area contributed by atoms with Crippen LogP contribution in [0.5, 0.6) is 0 Å². The van der Waals surface area contributed by atoms with E-state index in [1.165, 1.54) is 0 Å². The van der Waals surface area contributed by atoms with Crippen molar-refractivity contribution in [2.45, 2.75) is 38.3 Å². The topological polar surface area (TPSA) is 21.3 Å². The maximum atomic E-state index is 14.2. The van der Waals surface area contributed by atoms with Gasteiger partial charge < -0.3 is 10.1 Å². The number of nitrogens with one attached hydrogen (secondary N) is 1. The number of hydrogen-bond acceptors (Lipinski definition) is 2. The van der Waals surface area contributed by atoms with Gasteiger partial charge in [0.25, 0.3) is 0 Å². The van der Waals surface area contributed by atoms with Crippen molar-refractivity contribution in [3.05, 3.63) is 34.1 Å². The zero-order valence-electron chi connectivity index (χ0n) is 11.4. The number of likely N-dealkylation sites (N-methyl/N-ethyl adjacent to an activating group) is 1. The standard InChI is InChI=1S/C14H21BrFNO/c1-5-14(6-2,18-4)13(17-3)10-8-7-9-11(15)12(10)16/h7-9,13,17H,5-6H2,1-4H3. The van der Waals surface area contributed by atoms with E-state index in [9.17, 15) is 4.39 Å². The van der Waals surface area contributed by atoms with E-state index < -0.39 is 5.60 Å². The summed E-state index contributed by atoms with van der Waals surface area (Å²) in [5.41, 5.74) is 0.244. The first-order valence-corrected chi connectivity index (χ1v) is 7.01. The van der Waals surface area contributed by atoms with E-state index in [1.54, 1.807) is 19.2 Å². The fourth-order valence-corrected chi connectivity index (χ4v) is 2.89. The minimum atomic E-state index is -0.392. The first-order valence-electron chi connectivity index (χ1n) is 6.22. The van der Waals surface area contributed by atoms with Crippen molar-refractivity contribution in [2.24, 2.45) is 0 Å². The van der Waals surface area contributed by atoms with E-state index in [4.69, 9.17) is 4.74 Å². The third kappa shape index (κ3) is 2.76. The van der Waals surface area contributed by atoms with Crippen molar-refractivity contribution in [1.82, 2.24) is 5.32 Å². The van der Waals surface area contributed by atoms with E-state index in [0.29, 0.717) is 10.0 Å². The molecule has 0 spiro atoms. The Labute approximate surface area is 117 Å². The Bertz CT molecular complexity index is 385. The number of methoxy groups -OCH3 is 1. The number of rotatable bonds is 6. The van der Waals surface area contributed by atoms with Crippen molar-refractivity contribution >= 4 is 15.9 Å². The van der Waals surface area contributed by atoms with Crippen LogP contribution in [0.3, 0.4) is 0 Å². The summed E-state index contributed by atoms with van der Waals surface area (Å²) in [7, 11) is 3.53. The van der Waals surface area contributed by atoms with E-state index >= 15 is 0 Å². The van der Waals surface area contributed by atoms with Gasteiger partial charge in [-0.25, -0.2) is 4.39 Å². The predicted molar refractivity (Wildman–Crippen MR) is 76.2 cm³/mol. The summed E-state index contributed by atoms with van der Waals surface area (Å²) in [6, 6.07) is 5.19. The molecule has 1 aromatic rings. The molecular formula is C14H21BrFNO. The van der Waals surface area contributed by atoms with Crippen LogP contribution in [0.2, 0.25) is 0 Å². The third-order valence-corrected chi connectivity index (χ3v) is 4.32. The molecule has 2 nitrogen and oxygen atoms in total. The number of halogens is 2. The van der Waals surface area contributed by atoms with E-state index in [1.807, 2.05) is 13.1 Å². The normalized spacial score (nSPS) is 13.7. The van der Waals surface area contributed by atoms with E-state index in [-0.39, 0.29) is 11.9 Å². The highest BCUT2D eigenvalue weighted by Gasteiger charge is 2.37. The van der Waals surface area contributed by atoms with Crippen LogP contribution in [0, 0.1) is 5.82 Å². The van der Waals surface area contributed by atoms with Gasteiger partial charge in [-0.1, -0.05) is 26.0 Å². The number of ether oxygens (including phenoxy) is 1. The molecule has 0 fully saturated rings. The minimum Gasteiger partial charge on any atom is -0.376 e. The molecule has 0 aliphatic rings. The maximum Gasteiger partial charge on any atom is 0.142 e. The minimum absolute atomic E-state index is 0.171. The summed E-state index contributed by atoms with van der Waals surface area (Å²) in [6.45, 7) is 4.13. The van der Waals surface area contributed by atoms with Gasteiger partial charge in [0, 0.05) is 12.7 Å². The van der Waals surface area contributed by atoms with Gasteiger partial charge in [0.1, 0.15) is 5.82 Å². The lowest BCUT2D eigenvalue weighted by Gasteiger charge is -2.38. The van der Waals surface area contributed by atoms with Gasteiger partial charge in [-0.15, -0.1) is 0 Å². The average molecular weight is 318 g/mol. The first-order chi connectivity index (χ1) is 8.56. The highest BCUT2D eigenvalue weighted by molar-refractivity contribution is 9.10. The van der Waals surface area contributed by atoms with Crippen molar-refractivity contribution in [1.29, 1.82) is 0 Å². The highest BCUT2D eigenvalue weighted by Crippen LogP contribution is 2.37. The fraction of sp³-hybridized carbons (Fsp3) is 0.571. The van der Waals surface area contributed by atoms with Crippen LogP contribution >= 0.6 is 15.9 Å². The van der Waals surface area contributed by atoms with E-state index in [2.05, 4.69) is 35.1 Å². The lowest BCUT2D eigenvalue weighted by Crippen LogP contribution is -2.44. The molecule has 0 heterocycles. The largest absolute Gasteiger partial charge is 0.376 e. The van der Waals surface area contributed by atoms with Crippen LogP contribution in [0.4, 0.5) is 4.39 Å². The highest BCUT2D eigenvalue weighted by atomic mass is 79.9. The van der Waals surface area contributed by atoms with Crippen molar-refractivity contribution in [2.75, 3.05) is 14.2 Å². The van der Waals surface area contributed by atoms with Crippen molar-refractivity contribution < 1.29 is 9.13 Å². The lowest BCUT2D eigenvalue weighted by atomic mass is 9.83. The van der Waals surface area contributed by atoms with Gasteiger partial charge in [0.05, 0.1) is 16.1 Å². The molecule has 4 heteroatoms. The number of benzene rings is 1. The molecule has 0 radical (unpaired) electrons. The van der Waals surface area contributed by atoms with Crippen LogP contribution in [-0.4, -0.2) is 19.8 Å². The van der Waals surface area contributed by atoms with Gasteiger partial charge in [0.2, 0.25) is 0 Å². The predicted octanol–water partition coefficient (Wildman–Crippen LogP) is 4.05. The Morgan fingerprint density at radius 1 is 1.39 bits per heavy atom. The second kappa shape index (κ2) is 6.64. The Kier molecular flexibility index (Phi) is 5.76. The van der Waals surface area contributed by atoms with Gasteiger partial charge >= 0.3 is 0 Å². The molecule has 0 aliphatic heterocycles. The second-order valence-electron chi connectivity index (χ2n) is 4.34. The molecule has 1 aromatic carbocycles. The average Bonchev–Trinajstić information content (AvgIpc) is 2.40. The first kappa shape index (κ1) is 15.6. The summed E-state index contributed by atoms with van der Waals surface area (Å²) < 4.78 is 20.4. The van der Waals surface area contributed by atoms with Crippen LogP contribution in [-0.2, 0) is 4.74 Å². The molecule has 0 aliphatic carbocycles. The molecule has 0 amide bonds. The Morgan fingerprint density at radius 3 is 2.44 bits per heavy atom. The van der Waals surface area contributed by atoms with Gasteiger partial charge in [0.15, 0.2) is 0 Å². The van der Waals surface area contributed by atoms with Crippen LogP contribution in [0.15, 0.2) is 22.7 Å². The smallest absolute Gasteiger partial charge is 0.142 e. The summed E-state index contributed by atoms with van der Waals surface area (Å²) in [5.74, 6) is -0.222.